The number of nitrogens with one attached hydrogen (secondary N) is 1. The van der Waals surface area contributed by atoms with Gasteiger partial charge in [0.25, 0.3) is 5.91 Å². The number of carbonyl (C=O) groups is 1. The van der Waals surface area contributed by atoms with Gasteiger partial charge in [0, 0.05) is 10.9 Å². The molecule has 7 heteroatoms. The largest absolute Gasteiger partial charge is 0.484 e. The molecule has 0 fully saturated rings. The number of rotatable bonds is 6. The standard InChI is InChI=1S/C13H13N3O2S2/c14-13(19)9-1-3-11(4-2-9)18-6-12(17)15-5-10-7-20-8-16-10/h1-4,7-8H,5-6H2,(H2,14,19)(H,15,17). The highest BCUT2D eigenvalue weighted by Gasteiger charge is 2.04. The molecule has 0 bridgehead atoms. The minimum Gasteiger partial charge on any atom is -0.484 e. The fraction of sp³-hybridized carbons (Fsp3) is 0.154. The van der Waals surface area contributed by atoms with E-state index < -0.39 is 0 Å². The Hall–Kier alpha value is -1.99. The maximum atomic E-state index is 11.6. The third-order valence-corrected chi connectivity index (χ3v) is 3.33. The highest BCUT2D eigenvalue weighted by atomic mass is 32.1. The van der Waals surface area contributed by atoms with E-state index in [-0.39, 0.29) is 12.5 Å². The van der Waals surface area contributed by atoms with Crippen molar-refractivity contribution in [3.63, 3.8) is 0 Å². The van der Waals surface area contributed by atoms with Gasteiger partial charge in [-0.1, -0.05) is 12.2 Å². The van der Waals surface area contributed by atoms with Crippen LogP contribution < -0.4 is 15.8 Å². The summed E-state index contributed by atoms with van der Waals surface area (Å²) >= 11 is 6.34. The van der Waals surface area contributed by atoms with E-state index in [9.17, 15) is 4.79 Å². The fourth-order valence-corrected chi connectivity index (χ4v) is 2.12. The van der Waals surface area contributed by atoms with Gasteiger partial charge in [0.15, 0.2) is 6.61 Å². The Morgan fingerprint density at radius 2 is 2.15 bits per heavy atom. The normalized spacial score (nSPS) is 10.0. The van der Waals surface area contributed by atoms with E-state index in [0.717, 1.165) is 11.3 Å². The van der Waals surface area contributed by atoms with Crippen molar-refractivity contribution in [3.05, 3.63) is 46.4 Å². The highest BCUT2D eigenvalue weighted by Crippen LogP contribution is 2.11. The van der Waals surface area contributed by atoms with Crippen molar-refractivity contribution < 1.29 is 9.53 Å². The van der Waals surface area contributed by atoms with Gasteiger partial charge < -0.3 is 15.8 Å². The summed E-state index contributed by atoms with van der Waals surface area (Å²) in [7, 11) is 0. The summed E-state index contributed by atoms with van der Waals surface area (Å²) in [6.07, 6.45) is 0. The van der Waals surface area contributed by atoms with Crippen molar-refractivity contribution in [2.75, 3.05) is 6.61 Å². The number of amides is 1. The molecule has 1 aromatic heterocycles. The van der Waals surface area contributed by atoms with Crippen LogP contribution in [0, 0.1) is 0 Å². The first kappa shape index (κ1) is 14.4. The Labute approximate surface area is 125 Å². The zero-order valence-corrected chi connectivity index (χ0v) is 12.2. The van der Waals surface area contributed by atoms with Crippen LogP contribution in [0.1, 0.15) is 11.3 Å². The van der Waals surface area contributed by atoms with Crippen LogP contribution in [0.5, 0.6) is 5.75 Å². The minimum atomic E-state index is -0.198. The molecule has 3 N–H and O–H groups in total. The first-order valence-corrected chi connectivity index (χ1v) is 7.16. The van der Waals surface area contributed by atoms with Gasteiger partial charge >= 0.3 is 0 Å². The summed E-state index contributed by atoms with van der Waals surface area (Å²) in [5.74, 6) is 0.394. The maximum Gasteiger partial charge on any atom is 0.258 e. The highest BCUT2D eigenvalue weighted by molar-refractivity contribution is 7.80. The predicted octanol–water partition coefficient (Wildman–Crippen LogP) is 1.47. The monoisotopic (exact) mass is 307 g/mol. The lowest BCUT2D eigenvalue weighted by molar-refractivity contribution is -0.123. The zero-order chi connectivity index (χ0) is 14.4. The lowest BCUT2D eigenvalue weighted by atomic mass is 10.2. The van der Waals surface area contributed by atoms with Crippen LogP contribution in [-0.4, -0.2) is 22.5 Å². The van der Waals surface area contributed by atoms with E-state index >= 15 is 0 Å². The van der Waals surface area contributed by atoms with Crippen molar-refractivity contribution in [2.45, 2.75) is 6.54 Å². The molecule has 0 aliphatic heterocycles. The second-order valence-electron chi connectivity index (χ2n) is 3.93. The first-order valence-electron chi connectivity index (χ1n) is 5.81. The van der Waals surface area contributed by atoms with Crippen molar-refractivity contribution in [1.82, 2.24) is 10.3 Å². The van der Waals surface area contributed by atoms with E-state index in [1.54, 1.807) is 29.8 Å². The van der Waals surface area contributed by atoms with E-state index in [4.69, 9.17) is 22.7 Å². The summed E-state index contributed by atoms with van der Waals surface area (Å²) in [5.41, 5.74) is 8.82. The number of thiazole rings is 1. The number of ether oxygens (including phenoxy) is 1. The molecule has 0 radical (unpaired) electrons. The summed E-state index contributed by atoms with van der Waals surface area (Å²) in [5, 5.41) is 4.61. The Balaban J connectivity index is 1.76. The van der Waals surface area contributed by atoms with Gasteiger partial charge in [-0.05, 0) is 24.3 Å². The molecule has 0 atom stereocenters. The summed E-state index contributed by atoms with van der Waals surface area (Å²) in [6, 6.07) is 6.96. The van der Waals surface area contributed by atoms with Crippen molar-refractivity contribution in [2.24, 2.45) is 5.73 Å². The third kappa shape index (κ3) is 4.29. The second-order valence-corrected chi connectivity index (χ2v) is 5.09. The second kappa shape index (κ2) is 6.97. The van der Waals surface area contributed by atoms with Gasteiger partial charge in [-0.3, -0.25) is 4.79 Å². The van der Waals surface area contributed by atoms with Crippen LogP contribution in [0.15, 0.2) is 35.2 Å². The number of thiocarbonyl (C=S) groups is 1. The zero-order valence-electron chi connectivity index (χ0n) is 10.5. The van der Waals surface area contributed by atoms with Crippen molar-refractivity contribution in [3.8, 4) is 5.75 Å². The quantitative estimate of drug-likeness (QED) is 0.790. The van der Waals surface area contributed by atoms with Crippen LogP contribution in [0.25, 0.3) is 0 Å². The number of hydrogen-bond donors (Lipinski definition) is 2. The van der Waals surface area contributed by atoms with Crippen molar-refractivity contribution >= 4 is 34.5 Å². The van der Waals surface area contributed by atoms with Crippen molar-refractivity contribution in [1.29, 1.82) is 0 Å². The third-order valence-electron chi connectivity index (χ3n) is 2.46. The van der Waals surface area contributed by atoms with E-state index in [2.05, 4.69) is 10.3 Å². The van der Waals surface area contributed by atoms with Gasteiger partial charge in [0.05, 0.1) is 17.7 Å². The molecule has 5 nitrogen and oxygen atoms in total. The van der Waals surface area contributed by atoms with Gasteiger partial charge in [0.2, 0.25) is 0 Å². The molecule has 1 amide bonds. The molecule has 20 heavy (non-hydrogen) atoms. The summed E-state index contributed by atoms with van der Waals surface area (Å²) < 4.78 is 5.36. The molecule has 0 saturated heterocycles. The molecular formula is C13H13N3O2S2. The van der Waals surface area contributed by atoms with E-state index in [1.807, 2.05) is 5.38 Å². The fourth-order valence-electron chi connectivity index (χ4n) is 1.43. The Kier molecular flexibility index (Phi) is 5.03. The number of nitrogens with two attached hydrogens (primary N) is 1. The number of aromatic nitrogens is 1. The van der Waals surface area contributed by atoms with E-state index in [1.165, 1.54) is 11.3 Å². The van der Waals surface area contributed by atoms with Gasteiger partial charge in [-0.25, -0.2) is 4.98 Å². The average Bonchev–Trinajstić information content (AvgIpc) is 2.96. The molecule has 0 spiro atoms. The van der Waals surface area contributed by atoms with Crippen LogP contribution in [-0.2, 0) is 11.3 Å². The molecule has 0 saturated carbocycles. The number of benzene rings is 1. The average molecular weight is 307 g/mol. The lowest BCUT2D eigenvalue weighted by Crippen LogP contribution is -2.28. The SMILES string of the molecule is NC(=S)c1ccc(OCC(=O)NCc2cscn2)cc1. The molecular weight excluding hydrogens is 294 g/mol. The summed E-state index contributed by atoms with van der Waals surface area (Å²) in [6.45, 7) is 0.364. The molecule has 104 valence electrons. The Morgan fingerprint density at radius 3 is 2.75 bits per heavy atom. The van der Waals surface area contributed by atoms with Crippen LogP contribution in [0.4, 0.5) is 0 Å². The lowest BCUT2D eigenvalue weighted by Gasteiger charge is -2.07. The molecule has 0 unspecified atom stereocenters. The smallest absolute Gasteiger partial charge is 0.258 e. The topological polar surface area (TPSA) is 77.2 Å². The first-order chi connectivity index (χ1) is 9.65. The molecule has 0 aliphatic rings. The molecule has 2 rings (SSSR count). The number of nitrogens with zero attached hydrogens (tertiary/aromatic N) is 1. The predicted molar refractivity (Wildman–Crippen MR) is 81.8 cm³/mol. The Morgan fingerprint density at radius 1 is 1.40 bits per heavy atom. The van der Waals surface area contributed by atoms with Gasteiger partial charge in [-0.2, -0.15) is 0 Å². The van der Waals surface area contributed by atoms with Crippen LogP contribution in [0.3, 0.4) is 0 Å². The molecule has 1 aromatic carbocycles. The van der Waals surface area contributed by atoms with Crippen LogP contribution in [0.2, 0.25) is 0 Å². The Bertz CT molecular complexity index is 582. The van der Waals surface area contributed by atoms with Gasteiger partial charge in [0.1, 0.15) is 10.7 Å². The van der Waals surface area contributed by atoms with Gasteiger partial charge in [-0.15, -0.1) is 11.3 Å². The number of hydrogen-bond acceptors (Lipinski definition) is 5. The van der Waals surface area contributed by atoms with E-state index in [0.29, 0.717) is 17.3 Å². The maximum absolute atomic E-state index is 11.6. The summed E-state index contributed by atoms with van der Waals surface area (Å²) in [4.78, 5) is 16.0. The molecule has 2 aromatic rings. The number of carbonyl (C=O) groups excluding carboxylic acids is 1. The molecule has 0 aliphatic carbocycles. The minimum absolute atomic E-state index is 0.0451. The molecule has 1 heterocycles. The van der Waals surface area contributed by atoms with Crippen LogP contribution >= 0.6 is 23.6 Å².